The molecule has 1 atom stereocenters. The molecule has 0 aliphatic rings. The summed E-state index contributed by atoms with van der Waals surface area (Å²) in [5.41, 5.74) is 1.74. The SMILES string of the molecule is Cc1cc([C@@H](O)CCNC(=O)NCc2ccc(Cl)cc2)c(C)o1. The van der Waals surface area contributed by atoms with Crippen molar-refractivity contribution in [1.82, 2.24) is 10.6 Å². The van der Waals surface area contributed by atoms with E-state index in [-0.39, 0.29) is 6.03 Å². The van der Waals surface area contributed by atoms with Crippen LogP contribution in [0.3, 0.4) is 0 Å². The number of benzene rings is 1. The number of rotatable bonds is 6. The summed E-state index contributed by atoms with van der Waals surface area (Å²) in [6, 6.07) is 8.82. The fourth-order valence-corrected chi connectivity index (χ4v) is 2.43. The summed E-state index contributed by atoms with van der Waals surface area (Å²) in [5, 5.41) is 16.3. The second-order valence-electron chi connectivity index (χ2n) is 5.41. The summed E-state index contributed by atoms with van der Waals surface area (Å²) in [6.07, 6.45) is -0.224. The van der Waals surface area contributed by atoms with Crippen LogP contribution in [0.25, 0.3) is 0 Å². The van der Waals surface area contributed by atoms with Gasteiger partial charge in [-0.05, 0) is 44.0 Å². The molecule has 0 aliphatic heterocycles. The molecule has 23 heavy (non-hydrogen) atoms. The number of furan rings is 1. The van der Waals surface area contributed by atoms with Gasteiger partial charge in [0.05, 0.1) is 6.10 Å². The molecule has 6 heteroatoms. The lowest BCUT2D eigenvalue weighted by molar-refractivity contribution is 0.165. The lowest BCUT2D eigenvalue weighted by Crippen LogP contribution is -2.36. The van der Waals surface area contributed by atoms with Crippen molar-refractivity contribution in [3.63, 3.8) is 0 Å². The second kappa shape index (κ2) is 8.04. The number of aliphatic hydroxyl groups is 1. The van der Waals surface area contributed by atoms with Crippen LogP contribution in [-0.4, -0.2) is 17.7 Å². The van der Waals surface area contributed by atoms with Crippen molar-refractivity contribution in [3.8, 4) is 0 Å². The first-order valence-electron chi connectivity index (χ1n) is 7.47. The van der Waals surface area contributed by atoms with Crippen LogP contribution in [0.2, 0.25) is 5.02 Å². The number of halogens is 1. The van der Waals surface area contributed by atoms with Crippen LogP contribution in [0.1, 0.15) is 35.2 Å². The van der Waals surface area contributed by atoms with Crippen LogP contribution in [0.15, 0.2) is 34.7 Å². The Morgan fingerprint density at radius 1 is 1.26 bits per heavy atom. The van der Waals surface area contributed by atoms with Crippen LogP contribution < -0.4 is 10.6 Å². The summed E-state index contributed by atoms with van der Waals surface area (Å²) in [6.45, 7) is 4.45. The van der Waals surface area contributed by atoms with Crippen molar-refractivity contribution in [2.75, 3.05) is 6.54 Å². The number of hydrogen-bond donors (Lipinski definition) is 3. The van der Waals surface area contributed by atoms with Gasteiger partial charge in [0.25, 0.3) is 0 Å². The number of aryl methyl sites for hydroxylation is 2. The molecule has 1 heterocycles. The number of nitrogens with one attached hydrogen (secondary N) is 2. The van der Waals surface area contributed by atoms with Crippen molar-refractivity contribution in [1.29, 1.82) is 0 Å². The van der Waals surface area contributed by atoms with Gasteiger partial charge in [-0.3, -0.25) is 0 Å². The molecule has 0 aliphatic carbocycles. The standard InChI is InChI=1S/C17H21ClN2O3/c1-11-9-15(12(2)23-11)16(21)7-8-19-17(22)20-10-13-3-5-14(18)6-4-13/h3-6,9,16,21H,7-8,10H2,1-2H3,(H2,19,20,22)/t16-/m0/s1. The Morgan fingerprint density at radius 2 is 1.96 bits per heavy atom. The first-order chi connectivity index (χ1) is 11.0. The highest BCUT2D eigenvalue weighted by Crippen LogP contribution is 2.23. The fourth-order valence-electron chi connectivity index (χ4n) is 2.31. The first-order valence-corrected chi connectivity index (χ1v) is 7.84. The van der Waals surface area contributed by atoms with E-state index in [1.54, 1.807) is 12.1 Å². The molecule has 2 aromatic rings. The topological polar surface area (TPSA) is 74.5 Å². The van der Waals surface area contributed by atoms with Crippen LogP contribution >= 0.6 is 11.6 Å². The molecular weight excluding hydrogens is 316 g/mol. The number of aliphatic hydroxyl groups excluding tert-OH is 1. The minimum atomic E-state index is -0.649. The van der Waals surface area contributed by atoms with E-state index in [4.69, 9.17) is 16.0 Å². The first kappa shape index (κ1) is 17.4. The fraction of sp³-hybridized carbons (Fsp3) is 0.353. The average molecular weight is 337 g/mol. The van der Waals surface area contributed by atoms with Gasteiger partial charge in [0.15, 0.2) is 0 Å². The maximum Gasteiger partial charge on any atom is 0.315 e. The van der Waals surface area contributed by atoms with Crippen LogP contribution in [0.4, 0.5) is 4.79 Å². The minimum Gasteiger partial charge on any atom is -0.466 e. The van der Waals surface area contributed by atoms with Crippen LogP contribution in [-0.2, 0) is 6.54 Å². The van der Waals surface area contributed by atoms with Gasteiger partial charge in [0.1, 0.15) is 11.5 Å². The molecule has 0 spiro atoms. The van der Waals surface area contributed by atoms with E-state index in [0.29, 0.717) is 30.3 Å². The Labute approximate surface area is 140 Å². The minimum absolute atomic E-state index is 0.271. The Hall–Kier alpha value is -1.98. The zero-order valence-corrected chi connectivity index (χ0v) is 14.0. The molecular formula is C17H21ClN2O3. The molecule has 1 aromatic carbocycles. The summed E-state index contributed by atoms with van der Waals surface area (Å²) in [4.78, 5) is 11.7. The third-order valence-electron chi connectivity index (χ3n) is 3.51. The Bertz CT molecular complexity index is 652. The van der Waals surface area contributed by atoms with Gasteiger partial charge in [-0.15, -0.1) is 0 Å². The van der Waals surface area contributed by atoms with Crippen molar-refractivity contribution < 1.29 is 14.3 Å². The molecule has 0 bridgehead atoms. The molecule has 2 rings (SSSR count). The predicted molar refractivity (Wildman–Crippen MR) is 89.4 cm³/mol. The summed E-state index contributed by atoms with van der Waals surface area (Å²) in [7, 11) is 0. The second-order valence-corrected chi connectivity index (χ2v) is 5.85. The quantitative estimate of drug-likeness (QED) is 0.756. The monoisotopic (exact) mass is 336 g/mol. The number of carbonyl (C=O) groups excluding carboxylic acids is 1. The highest BCUT2D eigenvalue weighted by Gasteiger charge is 2.14. The maximum absolute atomic E-state index is 11.7. The maximum atomic E-state index is 11.7. The Morgan fingerprint density at radius 3 is 2.57 bits per heavy atom. The molecule has 0 radical (unpaired) electrons. The van der Waals surface area contributed by atoms with Gasteiger partial charge in [-0.2, -0.15) is 0 Å². The molecule has 2 amide bonds. The summed E-state index contributed by atoms with van der Waals surface area (Å²) < 4.78 is 5.39. The molecule has 0 fully saturated rings. The number of hydrogen-bond acceptors (Lipinski definition) is 3. The summed E-state index contributed by atoms with van der Waals surface area (Å²) >= 11 is 5.81. The molecule has 124 valence electrons. The summed E-state index contributed by atoms with van der Waals surface area (Å²) in [5.74, 6) is 1.48. The Balaban J connectivity index is 1.70. The van der Waals surface area contributed by atoms with Crippen molar-refractivity contribution in [2.24, 2.45) is 0 Å². The van der Waals surface area contributed by atoms with Crippen LogP contribution in [0.5, 0.6) is 0 Å². The smallest absolute Gasteiger partial charge is 0.315 e. The Kier molecular flexibility index (Phi) is 6.07. The van der Waals surface area contributed by atoms with Gasteiger partial charge in [-0.25, -0.2) is 4.79 Å². The van der Waals surface area contributed by atoms with Gasteiger partial charge in [-0.1, -0.05) is 23.7 Å². The zero-order valence-electron chi connectivity index (χ0n) is 13.2. The molecule has 0 unspecified atom stereocenters. The molecule has 0 saturated heterocycles. The normalized spacial score (nSPS) is 12.0. The highest BCUT2D eigenvalue weighted by molar-refractivity contribution is 6.30. The largest absolute Gasteiger partial charge is 0.466 e. The van der Waals surface area contributed by atoms with E-state index in [2.05, 4.69) is 10.6 Å². The van der Waals surface area contributed by atoms with Crippen molar-refractivity contribution in [3.05, 3.63) is 58.0 Å². The van der Waals surface area contributed by atoms with E-state index >= 15 is 0 Å². The highest BCUT2D eigenvalue weighted by atomic mass is 35.5. The lowest BCUT2D eigenvalue weighted by Gasteiger charge is -2.11. The lowest BCUT2D eigenvalue weighted by atomic mass is 10.1. The third-order valence-corrected chi connectivity index (χ3v) is 3.76. The van der Waals surface area contributed by atoms with Gasteiger partial charge < -0.3 is 20.2 Å². The molecule has 3 N–H and O–H groups in total. The predicted octanol–water partition coefficient (Wildman–Crippen LogP) is 3.47. The number of urea groups is 1. The van der Waals surface area contributed by atoms with E-state index < -0.39 is 6.10 Å². The zero-order chi connectivity index (χ0) is 16.8. The van der Waals surface area contributed by atoms with Gasteiger partial charge >= 0.3 is 6.03 Å². The van der Waals surface area contributed by atoms with E-state index in [0.717, 1.165) is 16.9 Å². The van der Waals surface area contributed by atoms with Crippen molar-refractivity contribution >= 4 is 17.6 Å². The average Bonchev–Trinajstić information content (AvgIpc) is 2.85. The van der Waals surface area contributed by atoms with Crippen LogP contribution in [0, 0.1) is 13.8 Å². The number of amides is 2. The molecule has 0 saturated carbocycles. The molecule has 1 aromatic heterocycles. The van der Waals surface area contributed by atoms with Gasteiger partial charge in [0, 0.05) is 23.7 Å². The number of carbonyl (C=O) groups is 1. The van der Waals surface area contributed by atoms with Gasteiger partial charge in [0.2, 0.25) is 0 Å². The van der Waals surface area contributed by atoms with E-state index in [1.807, 2.05) is 32.0 Å². The van der Waals surface area contributed by atoms with E-state index in [1.165, 1.54) is 0 Å². The third kappa shape index (κ3) is 5.30. The molecule has 5 nitrogen and oxygen atoms in total. The van der Waals surface area contributed by atoms with Crippen molar-refractivity contribution in [2.45, 2.75) is 32.9 Å². The van der Waals surface area contributed by atoms with E-state index in [9.17, 15) is 9.90 Å².